The topological polar surface area (TPSA) is 17.1 Å². The number of hydrogen-bond acceptors (Lipinski definition) is 2. The quantitative estimate of drug-likeness (QED) is 0.456. The first-order valence-corrected chi connectivity index (χ1v) is 11.8. The summed E-state index contributed by atoms with van der Waals surface area (Å²) in [5.41, 5.74) is 2.43. The lowest BCUT2D eigenvalue weighted by Crippen LogP contribution is -2.02. The van der Waals surface area contributed by atoms with Crippen molar-refractivity contribution >= 4 is 30.5 Å². The van der Waals surface area contributed by atoms with Crippen molar-refractivity contribution in [2.75, 3.05) is 18.1 Å². The maximum atomic E-state index is 13.6. The van der Waals surface area contributed by atoms with Crippen LogP contribution in [0, 0.1) is 0 Å². The Morgan fingerprint density at radius 2 is 1.42 bits per heavy atom. The van der Waals surface area contributed by atoms with E-state index < -0.39 is 7.14 Å². The summed E-state index contributed by atoms with van der Waals surface area (Å²) in [6.07, 6.45) is 2.86. The maximum Gasteiger partial charge on any atom is 0.127 e. The number of rotatable bonds is 9. The van der Waals surface area contributed by atoms with Crippen LogP contribution in [0.2, 0.25) is 0 Å². The molecule has 1 nitrogen and oxygen atoms in total. The second kappa shape index (κ2) is 10.1. The minimum atomic E-state index is -2.57. The molecule has 128 valence electrons. The van der Waals surface area contributed by atoms with Crippen LogP contribution in [-0.2, 0) is 17.4 Å². The minimum absolute atomic E-state index is 0.557. The van der Waals surface area contributed by atoms with Gasteiger partial charge in [-0.15, -0.1) is 11.8 Å². The molecule has 4 heteroatoms. The van der Waals surface area contributed by atoms with Gasteiger partial charge in [-0.2, -0.15) is 0 Å². The fraction of sp³-hybridized carbons (Fsp3) is 0.300. The van der Waals surface area contributed by atoms with Gasteiger partial charge in [0.25, 0.3) is 0 Å². The summed E-state index contributed by atoms with van der Waals surface area (Å²) >= 11 is 8.10. The summed E-state index contributed by atoms with van der Waals surface area (Å²) in [5.74, 6) is 0.938. The highest BCUT2D eigenvalue weighted by atomic mass is 35.5. The molecular weight excluding hydrogens is 355 g/mol. The normalized spacial score (nSPS) is 12.3. The van der Waals surface area contributed by atoms with E-state index in [1.54, 1.807) is 11.8 Å². The summed E-state index contributed by atoms with van der Waals surface area (Å²) in [4.78, 5) is 0. The zero-order valence-electron chi connectivity index (χ0n) is 14.0. The lowest BCUT2D eigenvalue weighted by atomic mass is 10.2. The van der Waals surface area contributed by atoms with Crippen LogP contribution in [0.3, 0.4) is 0 Å². The zero-order chi connectivity index (χ0) is 17.3. The van der Waals surface area contributed by atoms with Gasteiger partial charge in [-0.25, -0.2) is 0 Å². The van der Waals surface area contributed by atoms with Crippen LogP contribution in [0.1, 0.15) is 18.1 Å². The van der Waals surface area contributed by atoms with Crippen LogP contribution < -0.4 is 0 Å². The summed E-state index contributed by atoms with van der Waals surface area (Å²) in [7, 11) is -2.57. The van der Waals surface area contributed by atoms with Crippen molar-refractivity contribution < 1.29 is 4.57 Å². The Morgan fingerprint density at radius 3 is 1.83 bits per heavy atom. The predicted molar refractivity (Wildman–Crippen MR) is 110 cm³/mol. The highest BCUT2D eigenvalue weighted by Crippen LogP contribution is 2.57. The van der Waals surface area contributed by atoms with Crippen LogP contribution >= 0.6 is 30.5 Å². The van der Waals surface area contributed by atoms with Gasteiger partial charge in [0.2, 0.25) is 0 Å². The molecule has 0 aliphatic carbocycles. The molecule has 0 heterocycles. The fourth-order valence-corrected chi connectivity index (χ4v) is 6.36. The van der Waals surface area contributed by atoms with Crippen LogP contribution in [0.5, 0.6) is 0 Å². The van der Waals surface area contributed by atoms with Gasteiger partial charge >= 0.3 is 0 Å². The van der Waals surface area contributed by atoms with Gasteiger partial charge in [-0.3, -0.25) is 0 Å². The van der Waals surface area contributed by atoms with E-state index in [1.807, 2.05) is 41.8 Å². The van der Waals surface area contributed by atoms with Gasteiger partial charge in [-0.05, 0) is 35.1 Å². The second-order valence-electron chi connectivity index (χ2n) is 5.70. The first kappa shape index (κ1) is 19.4. The van der Waals surface area contributed by atoms with Crippen LogP contribution in [-0.4, -0.2) is 18.1 Å². The molecule has 0 radical (unpaired) electrons. The van der Waals surface area contributed by atoms with Crippen molar-refractivity contribution in [2.45, 2.75) is 19.8 Å². The average Bonchev–Trinajstić information content (AvgIpc) is 2.64. The molecule has 0 fully saturated rings. The predicted octanol–water partition coefficient (Wildman–Crippen LogP) is 6.63. The van der Waals surface area contributed by atoms with E-state index in [0.29, 0.717) is 17.1 Å². The zero-order valence-corrected chi connectivity index (χ0v) is 16.5. The number of hydrogen-bond donors (Lipinski definition) is 0. The molecule has 0 bridgehead atoms. The number of benzene rings is 2. The molecule has 24 heavy (non-hydrogen) atoms. The summed E-state index contributed by atoms with van der Waals surface area (Å²) < 4.78 is 14.1. The lowest BCUT2D eigenvalue weighted by Gasteiger charge is -2.18. The highest BCUT2D eigenvalue weighted by Gasteiger charge is 2.25. The second-order valence-corrected chi connectivity index (χ2v) is 10.7. The van der Waals surface area contributed by atoms with Crippen molar-refractivity contribution in [3.63, 3.8) is 0 Å². The van der Waals surface area contributed by atoms with E-state index >= 15 is 0 Å². The van der Waals surface area contributed by atoms with E-state index in [9.17, 15) is 4.57 Å². The molecule has 0 saturated carbocycles. The molecule has 2 aromatic rings. The first-order valence-electron chi connectivity index (χ1n) is 8.28. The van der Waals surface area contributed by atoms with Crippen molar-refractivity contribution in [1.82, 2.24) is 0 Å². The Morgan fingerprint density at radius 1 is 0.958 bits per heavy atom. The molecular formula is C20H24ClOPS. The summed E-state index contributed by atoms with van der Waals surface area (Å²) in [6, 6.07) is 20.4. The Labute approximate surface area is 154 Å². The van der Waals surface area contributed by atoms with Crippen molar-refractivity contribution in [1.29, 1.82) is 0 Å². The van der Waals surface area contributed by atoms with Gasteiger partial charge < -0.3 is 4.57 Å². The van der Waals surface area contributed by atoms with Gasteiger partial charge in [0.15, 0.2) is 0 Å². The monoisotopic (exact) mass is 378 g/mol. The van der Waals surface area contributed by atoms with E-state index in [4.69, 9.17) is 11.6 Å². The van der Waals surface area contributed by atoms with Crippen LogP contribution in [0.25, 0.3) is 0 Å². The Kier molecular flexibility index (Phi) is 8.18. The van der Waals surface area contributed by atoms with Crippen molar-refractivity contribution in [3.05, 3.63) is 82.0 Å². The minimum Gasteiger partial charge on any atom is -0.318 e. The molecule has 2 rings (SSSR count). The summed E-state index contributed by atoms with van der Waals surface area (Å²) in [6.45, 7) is 2.07. The molecule has 0 saturated heterocycles. The van der Waals surface area contributed by atoms with Crippen molar-refractivity contribution in [2.24, 2.45) is 0 Å². The molecule has 0 aromatic heterocycles. The first-order chi connectivity index (χ1) is 11.6. The average molecular weight is 379 g/mol. The van der Waals surface area contributed by atoms with E-state index in [1.165, 1.54) is 11.1 Å². The van der Waals surface area contributed by atoms with Crippen molar-refractivity contribution in [3.8, 4) is 0 Å². The van der Waals surface area contributed by atoms with Crippen LogP contribution in [0.4, 0.5) is 0 Å². The van der Waals surface area contributed by atoms with E-state index in [-0.39, 0.29) is 0 Å². The molecule has 0 aliphatic rings. The van der Waals surface area contributed by atoms with E-state index in [0.717, 1.165) is 18.6 Å². The Balaban J connectivity index is 2.09. The third-order valence-electron chi connectivity index (χ3n) is 3.95. The third-order valence-corrected chi connectivity index (χ3v) is 8.82. The number of thioether (sulfide) groups is 1. The summed E-state index contributed by atoms with van der Waals surface area (Å²) in [5, 5.41) is 1.89. The highest BCUT2D eigenvalue weighted by molar-refractivity contribution is 8.02. The fourth-order valence-electron chi connectivity index (χ4n) is 2.48. The third kappa shape index (κ3) is 6.16. The Bertz CT molecular complexity index is 638. The maximum absolute atomic E-state index is 13.6. The van der Waals surface area contributed by atoms with Crippen LogP contribution in [0.15, 0.2) is 70.8 Å². The molecule has 0 spiro atoms. The smallest absolute Gasteiger partial charge is 0.127 e. The van der Waals surface area contributed by atoms with Gasteiger partial charge in [0.1, 0.15) is 7.14 Å². The van der Waals surface area contributed by atoms with Gasteiger partial charge in [-0.1, -0.05) is 79.2 Å². The van der Waals surface area contributed by atoms with Gasteiger partial charge in [0.05, 0.1) is 4.77 Å². The number of aryl methyl sites for hydroxylation is 2. The van der Waals surface area contributed by atoms with E-state index in [2.05, 4.69) is 31.2 Å². The van der Waals surface area contributed by atoms with Gasteiger partial charge in [0, 0.05) is 12.3 Å². The molecule has 0 aliphatic heterocycles. The molecule has 0 atom stereocenters. The molecule has 0 amide bonds. The standard InChI is InChI=1S/C20H24ClOPS/c1-2-24-17-20(21)23(22,15-13-18-9-5-3-6-10-18)16-14-19-11-7-4-8-12-19/h3-12,17H,2,13-16H2,1H3/b20-17+. The largest absolute Gasteiger partial charge is 0.318 e. The molecule has 0 unspecified atom stereocenters. The Hall–Kier alpha value is -0.950. The molecule has 0 N–H and O–H groups in total. The SMILES string of the molecule is CCS/C=C(\Cl)P(=O)(CCc1ccccc1)CCc1ccccc1. The lowest BCUT2D eigenvalue weighted by molar-refractivity contribution is 0.579. The number of halogens is 1. The molecule has 2 aromatic carbocycles.